The minimum Gasteiger partial charge on any atom is -0.335 e. The van der Waals surface area contributed by atoms with E-state index in [9.17, 15) is 9.59 Å². The van der Waals surface area contributed by atoms with E-state index in [0.717, 1.165) is 3.57 Å². The topological polar surface area (TPSA) is 37.4 Å². The molecule has 0 bridgehead atoms. The first-order valence-electron chi connectivity index (χ1n) is 6.54. The lowest BCUT2D eigenvalue weighted by Gasteiger charge is -2.17. The number of hydrogen-bond donors (Lipinski definition) is 0. The lowest BCUT2D eigenvalue weighted by molar-refractivity contribution is -0.127. The molecule has 1 heterocycles. The highest BCUT2D eigenvalue weighted by Crippen LogP contribution is 2.24. The summed E-state index contributed by atoms with van der Waals surface area (Å²) in [6.07, 6.45) is 0.581. The van der Waals surface area contributed by atoms with Gasteiger partial charge in [0.2, 0.25) is 5.91 Å². The summed E-state index contributed by atoms with van der Waals surface area (Å²) in [6, 6.07) is 7.47. The fourth-order valence-electron chi connectivity index (χ4n) is 2.30. The van der Waals surface area contributed by atoms with Crippen LogP contribution in [0.1, 0.15) is 30.6 Å². The molecule has 1 aliphatic rings. The molecule has 0 aliphatic carbocycles. The van der Waals surface area contributed by atoms with E-state index in [1.54, 1.807) is 4.90 Å². The second-order valence-electron chi connectivity index (χ2n) is 5.41. The molecule has 1 saturated heterocycles. The maximum atomic E-state index is 12.1. The van der Waals surface area contributed by atoms with Crippen molar-refractivity contribution in [2.45, 2.75) is 20.3 Å². The van der Waals surface area contributed by atoms with Crippen molar-refractivity contribution in [1.82, 2.24) is 4.90 Å². The average Bonchev–Trinajstić information content (AvgIpc) is 2.72. The summed E-state index contributed by atoms with van der Waals surface area (Å²) in [5.41, 5.74) is 0.682. The third-order valence-corrected chi connectivity index (χ3v) is 4.41. The second kappa shape index (κ2) is 6.03. The molecule has 19 heavy (non-hydrogen) atoms. The number of rotatable bonds is 4. The molecule has 0 saturated carbocycles. The second-order valence-corrected chi connectivity index (χ2v) is 6.66. The fourth-order valence-corrected chi connectivity index (χ4v) is 2.66. The quantitative estimate of drug-likeness (QED) is 0.603. The molecule has 0 radical (unpaired) electrons. The smallest absolute Gasteiger partial charge is 0.223 e. The van der Waals surface area contributed by atoms with Crippen LogP contribution >= 0.6 is 22.6 Å². The van der Waals surface area contributed by atoms with Crippen molar-refractivity contribution in [3.8, 4) is 0 Å². The summed E-state index contributed by atoms with van der Waals surface area (Å²) >= 11 is 2.21. The van der Waals surface area contributed by atoms with Crippen LogP contribution in [0, 0.1) is 15.4 Å². The molecule has 1 amide bonds. The number of Topliss-reactive ketones (excluding diaryl/α,β-unsaturated/α-hetero) is 1. The van der Waals surface area contributed by atoms with Crippen LogP contribution in [0.3, 0.4) is 0 Å². The number of carbonyl (C=O) groups excluding carboxylic acids is 2. The first-order valence-corrected chi connectivity index (χ1v) is 7.62. The van der Waals surface area contributed by atoms with Crippen LogP contribution < -0.4 is 0 Å². The number of likely N-dealkylation sites (tertiary alicyclic amines) is 1. The minimum atomic E-state index is 0.0224. The summed E-state index contributed by atoms with van der Waals surface area (Å²) < 4.78 is 1.10. The molecule has 3 nitrogen and oxygen atoms in total. The number of carbonyl (C=O) groups is 2. The number of ketones is 1. The van der Waals surface area contributed by atoms with Gasteiger partial charge >= 0.3 is 0 Å². The molecule has 1 aliphatic heterocycles. The number of nitrogens with zero attached hydrogens (tertiary/aromatic N) is 1. The van der Waals surface area contributed by atoms with E-state index in [1.807, 2.05) is 24.3 Å². The molecule has 0 N–H and O–H groups in total. The van der Waals surface area contributed by atoms with Crippen molar-refractivity contribution < 1.29 is 9.59 Å². The van der Waals surface area contributed by atoms with Gasteiger partial charge < -0.3 is 4.90 Å². The van der Waals surface area contributed by atoms with E-state index >= 15 is 0 Å². The van der Waals surface area contributed by atoms with E-state index < -0.39 is 0 Å². The van der Waals surface area contributed by atoms with Gasteiger partial charge in [-0.25, -0.2) is 0 Å². The highest BCUT2D eigenvalue weighted by molar-refractivity contribution is 14.1. The molecule has 4 heteroatoms. The van der Waals surface area contributed by atoms with Crippen LogP contribution in [0.4, 0.5) is 0 Å². The van der Waals surface area contributed by atoms with Gasteiger partial charge in [0.05, 0.1) is 6.54 Å². The van der Waals surface area contributed by atoms with Gasteiger partial charge in [-0.3, -0.25) is 9.59 Å². The molecule has 0 spiro atoms. The third kappa shape index (κ3) is 3.55. The molecular formula is C15H18INO2. The summed E-state index contributed by atoms with van der Waals surface area (Å²) in [4.78, 5) is 25.7. The van der Waals surface area contributed by atoms with Gasteiger partial charge in [0.25, 0.3) is 0 Å². The average molecular weight is 371 g/mol. The Kier molecular flexibility index (Phi) is 4.60. The van der Waals surface area contributed by atoms with Crippen LogP contribution in [0.2, 0.25) is 0 Å². The Bertz CT molecular complexity index is 481. The van der Waals surface area contributed by atoms with Gasteiger partial charge in [0.1, 0.15) is 0 Å². The van der Waals surface area contributed by atoms with Gasteiger partial charge in [-0.2, -0.15) is 0 Å². The number of benzene rings is 1. The third-order valence-electron chi connectivity index (χ3n) is 3.69. The monoisotopic (exact) mass is 371 g/mol. The zero-order chi connectivity index (χ0) is 14.0. The molecule has 1 fully saturated rings. The Labute approximate surface area is 127 Å². The first-order chi connectivity index (χ1) is 8.97. The zero-order valence-electron chi connectivity index (χ0n) is 11.2. The minimum absolute atomic E-state index is 0.0224. The Morgan fingerprint density at radius 1 is 1.37 bits per heavy atom. The van der Waals surface area contributed by atoms with Crippen molar-refractivity contribution in [1.29, 1.82) is 0 Å². The number of halogens is 1. The molecule has 2 rings (SSSR count). The highest BCUT2D eigenvalue weighted by Gasteiger charge is 2.32. The normalized spacial score (nSPS) is 19.3. The molecule has 1 unspecified atom stereocenters. The summed E-state index contributed by atoms with van der Waals surface area (Å²) in [5, 5.41) is 0. The van der Waals surface area contributed by atoms with Gasteiger partial charge in [0, 0.05) is 22.1 Å². The summed E-state index contributed by atoms with van der Waals surface area (Å²) in [7, 11) is 0. The van der Waals surface area contributed by atoms with Crippen molar-refractivity contribution in [2.24, 2.45) is 11.8 Å². The number of amides is 1. The maximum absolute atomic E-state index is 12.1. The standard InChI is InChI=1S/C15H18INO2/c1-10(2)12-7-15(19)17(8-12)9-14(18)11-3-5-13(16)6-4-11/h3-6,10,12H,7-9H2,1-2H3. The van der Waals surface area contributed by atoms with Gasteiger partial charge in [-0.15, -0.1) is 0 Å². The van der Waals surface area contributed by atoms with Crippen molar-refractivity contribution in [3.63, 3.8) is 0 Å². The van der Waals surface area contributed by atoms with Gasteiger partial charge in [-0.05, 0) is 46.6 Å². The van der Waals surface area contributed by atoms with E-state index in [0.29, 0.717) is 30.4 Å². The van der Waals surface area contributed by atoms with Crippen LogP contribution in [0.5, 0.6) is 0 Å². The van der Waals surface area contributed by atoms with Crippen molar-refractivity contribution >= 4 is 34.3 Å². The molecule has 1 aromatic rings. The maximum Gasteiger partial charge on any atom is 0.223 e. The summed E-state index contributed by atoms with van der Waals surface area (Å²) in [6.45, 7) is 5.18. The highest BCUT2D eigenvalue weighted by atomic mass is 127. The van der Waals surface area contributed by atoms with Crippen molar-refractivity contribution in [3.05, 3.63) is 33.4 Å². The molecule has 0 aromatic heterocycles. The fraction of sp³-hybridized carbons (Fsp3) is 0.467. The largest absolute Gasteiger partial charge is 0.335 e. The van der Waals surface area contributed by atoms with Crippen LogP contribution in [-0.2, 0) is 4.79 Å². The predicted octanol–water partition coefficient (Wildman–Crippen LogP) is 2.98. The lowest BCUT2D eigenvalue weighted by Crippen LogP contribution is -2.31. The lowest BCUT2D eigenvalue weighted by atomic mass is 9.95. The summed E-state index contributed by atoms with van der Waals surface area (Å²) in [5.74, 6) is 1.01. The van der Waals surface area contributed by atoms with E-state index in [1.165, 1.54) is 0 Å². The molecular weight excluding hydrogens is 353 g/mol. The number of hydrogen-bond acceptors (Lipinski definition) is 2. The predicted molar refractivity (Wildman–Crippen MR) is 83.0 cm³/mol. The van der Waals surface area contributed by atoms with Crippen LogP contribution in [0.25, 0.3) is 0 Å². The molecule has 1 atom stereocenters. The van der Waals surface area contributed by atoms with Gasteiger partial charge in [0.15, 0.2) is 5.78 Å². The first kappa shape index (κ1) is 14.5. The van der Waals surface area contributed by atoms with Crippen molar-refractivity contribution in [2.75, 3.05) is 13.1 Å². The molecule has 1 aromatic carbocycles. The Morgan fingerprint density at radius 3 is 2.53 bits per heavy atom. The Hall–Kier alpha value is -0.910. The van der Waals surface area contributed by atoms with E-state index in [2.05, 4.69) is 36.4 Å². The Morgan fingerprint density at radius 2 is 2.00 bits per heavy atom. The van der Waals surface area contributed by atoms with E-state index in [-0.39, 0.29) is 18.2 Å². The van der Waals surface area contributed by atoms with Crippen LogP contribution in [-0.4, -0.2) is 29.7 Å². The molecule has 102 valence electrons. The SMILES string of the molecule is CC(C)C1CC(=O)N(CC(=O)c2ccc(I)cc2)C1. The van der Waals surface area contributed by atoms with Crippen LogP contribution in [0.15, 0.2) is 24.3 Å². The zero-order valence-corrected chi connectivity index (χ0v) is 13.4. The van der Waals surface area contributed by atoms with E-state index in [4.69, 9.17) is 0 Å². The van der Waals surface area contributed by atoms with Gasteiger partial charge in [-0.1, -0.05) is 26.0 Å². The Balaban J connectivity index is 2.00.